The van der Waals surface area contributed by atoms with Gasteiger partial charge in [0.25, 0.3) is 0 Å². The fourth-order valence-corrected chi connectivity index (χ4v) is 3.48. The van der Waals surface area contributed by atoms with E-state index in [1.807, 2.05) is 38.4 Å². The molecule has 0 bridgehead atoms. The van der Waals surface area contributed by atoms with E-state index in [2.05, 4.69) is 45.7 Å². The van der Waals surface area contributed by atoms with Crippen LogP contribution in [0.4, 0.5) is 11.8 Å². The molecule has 0 saturated carbocycles. The van der Waals surface area contributed by atoms with Crippen LogP contribution in [-0.4, -0.2) is 42.7 Å². The molecule has 0 spiro atoms. The molecular weight excluding hydrogens is 378 g/mol. The number of rotatable bonds is 5. The highest BCUT2D eigenvalue weighted by molar-refractivity contribution is 5.89. The minimum absolute atomic E-state index is 0.218. The molecule has 0 aliphatic carbocycles. The SMILES string of the molecule is CCCCN.CNc1nc(N)nn2ccc(-c3ccc4nc(C)n(C(C)C)c4n3)c12. The van der Waals surface area contributed by atoms with E-state index in [-0.39, 0.29) is 12.0 Å². The standard InChI is InChI=1S/C17H20N8.C4H11N/c1-9(2)25-10(3)20-13-6-5-12(21-16(13)25)11-7-8-24-14(11)15(19-4)22-17(18)23-24;1-2-3-4-5/h5-9H,1-4H3,(H3,18,19,22,23);2-5H2,1H3. The third-order valence-corrected chi connectivity index (χ3v) is 4.83. The number of pyridine rings is 1. The first-order valence-corrected chi connectivity index (χ1v) is 10.3. The van der Waals surface area contributed by atoms with Gasteiger partial charge in [-0.3, -0.25) is 0 Å². The lowest BCUT2D eigenvalue weighted by molar-refractivity contribution is 0.595. The summed E-state index contributed by atoms with van der Waals surface area (Å²) in [4.78, 5) is 13.8. The molecule has 4 aromatic rings. The average Bonchev–Trinajstić information content (AvgIpc) is 3.27. The minimum atomic E-state index is 0.218. The predicted octanol–water partition coefficient (Wildman–Crippen LogP) is 3.40. The third kappa shape index (κ3) is 4.06. The molecule has 9 nitrogen and oxygen atoms in total. The zero-order chi connectivity index (χ0) is 21.8. The number of hydrogen-bond acceptors (Lipinski definition) is 7. The molecule has 0 aliphatic heterocycles. The Balaban J connectivity index is 0.000000461. The Bertz CT molecular complexity index is 1140. The zero-order valence-electron chi connectivity index (χ0n) is 18.3. The van der Waals surface area contributed by atoms with Crippen LogP contribution in [-0.2, 0) is 0 Å². The van der Waals surface area contributed by atoms with Gasteiger partial charge in [-0.1, -0.05) is 13.3 Å². The Kier molecular flexibility index (Phi) is 6.51. The Morgan fingerprint density at radius 1 is 1.13 bits per heavy atom. The third-order valence-electron chi connectivity index (χ3n) is 4.83. The Morgan fingerprint density at radius 3 is 2.50 bits per heavy atom. The van der Waals surface area contributed by atoms with Gasteiger partial charge in [-0.15, -0.1) is 5.10 Å². The number of nitrogen functional groups attached to an aromatic ring is 1. The summed E-state index contributed by atoms with van der Waals surface area (Å²) in [5.74, 6) is 1.85. The van der Waals surface area contributed by atoms with E-state index < -0.39 is 0 Å². The lowest BCUT2D eigenvalue weighted by atomic mass is 10.2. The number of nitrogens with one attached hydrogen (secondary N) is 1. The van der Waals surface area contributed by atoms with Crippen molar-refractivity contribution in [3.63, 3.8) is 0 Å². The highest BCUT2D eigenvalue weighted by Crippen LogP contribution is 2.30. The van der Waals surface area contributed by atoms with Crippen molar-refractivity contribution in [2.45, 2.75) is 46.6 Å². The van der Waals surface area contributed by atoms with E-state index in [4.69, 9.17) is 16.5 Å². The number of nitrogens with two attached hydrogens (primary N) is 2. The van der Waals surface area contributed by atoms with E-state index in [0.717, 1.165) is 40.3 Å². The maximum atomic E-state index is 5.77. The van der Waals surface area contributed by atoms with Gasteiger partial charge in [-0.05, 0) is 51.9 Å². The number of nitrogens with zero attached hydrogens (tertiary/aromatic N) is 6. The second kappa shape index (κ2) is 9.08. The van der Waals surface area contributed by atoms with Gasteiger partial charge in [0.1, 0.15) is 16.9 Å². The maximum Gasteiger partial charge on any atom is 0.240 e. The van der Waals surface area contributed by atoms with Crippen LogP contribution in [0.1, 0.15) is 45.5 Å². The molecule has 4 heterocycles. The largest absolute Gasteiger partial charge is 0.371 e. The lowest BCUT2D eigenvalue weighted by Crippen LogP contribution is -2.06. The van der Waals surface area contributed by atoms with Crippen molar-refractivity contribution in [1.29, 1.82) is 0 Å². The summed E-state index contributed by atoms with van der Waals surface area (Å²) < 4.78 is 3.87. The average molecular weight is 410 g/mol. The molecule has 0 unspecified atom stereocenters. The van der Waals surface area contributed by atoms with E-state index in [9.17, 15) is 0 Å². The molecule has 5 N–H and O–H groups in total. The van der Waals surface area contributed by atoms with Crippen molar-refractivity contribution in [2.75, 3.05) is 24.6 Å². The van der Waals surface area contributed by atoms with Crippen LogP contribution in [0.2, 0.25) is 0 Å². The van der Waals surface area contributed by atoms with Gasteiger partial charge in [0, 0.05) is 24.8 Å². The summed E-state index contributed by atoms with van der Waals surface area (Å²) in [6.07, 6.45) is 4.25. The molecule has 0 radical (unpaired) electrons. The quantitative estimate of drug-likeness (QED) is 0.461. The van der Waals surface area contributed by atoms with E-state index >= 15 is 0 Å². The molecular formula is C21H31N9. The minimum Gasteiger partial charge on any atom is -0.371 e. The molecule has 0 fully saturated rings. The number of hydrogen-bond donors (Lipinski definition) is 3. The first kappa shape index (κ1) is 21.5. The van der Waals surface area contributed by atoms with Crippen LogP contribution in [0.5, 0.6) is 0 Å². The summed E-state index contributed by atoms with van der Waals surface area (Å²) in [5.41, 5.74) is 15.3. The highest BCUT2D eigenvalue weighted by atomic mass is 15.3. The molecule has 0 atom stereocenters. The summed E-state index contributed by atoms with van der Waals surface area (Å²) in [6.45, 7) is 9.24. The van der Waals surface area contributed by atoms with E-state index in [1.165, 1.54) is 12.8 Å². The van der Waals surface area contributed by atoms with E-state index in [0.29, 0.717) is 5.82 Å². The molecule has 0 amide bonds. The Hall–Kier alpha value is -3.20. The van der Waals surface area contributed by atoms with Crippen molar-refractivity contribution < 1.29 is 0 Å². The molecule has 160 valence electrons. The van der Waals surface area contributed by atoms with Crippen LogP contribution in [0.25, 0.3) is 27.9 Å². The van der Waals surface area contributed by atoms with Crippen LogP contribution in [0.15, 0.2) is 24.4 Å². The molecule has 30 heavy (non-hydrogen) atoms. The van der Waals surface area contributed by atoms with Gasteiger partial charge >= 0.3 is 0 Å². The second-order valence-electron chi connectivity index (χ2n) is 7.40. The molecule has 4 aromatic heterocycles. The summed E-state index contributed by atoms with van der Waals surface area (Å²) in [6, 6.07) is 6.24. The van der Waals surface area contributed by atoms with Gasteiger partial charge in [-0.2, -0.15) is 4.98 Å². The first-order valence-electron chi connectivity index (χ1n) is 10.3. The van der Waals surface area contributed by atoms with Crippen LogP contribution in [0, 0.1) is 6.92 Å². The van der Waals surface area contributed by atoms with Crippen LogP contribution in [0.3, 0.4) is 0 Å². The van der Waals surface area contributed by atoms with Crippen LogP contribution < -0.4 is 16.8 Å². The number of aryl methyl sites for hydroxylation is 1. The highest BCUT2D eigenvalue weighted by Gasteiger charge is 2.16. The number of fused-ring (bicyclic) bond motifs is 2. The van der Waals surface area contributed by atoms with Gasteiger partial charge in [-0.25, -0.2) is 14.5 Å². The van der Waals surface area contributed by atoms with Crippen molar-refractivity contribution in [2.24, 2.45) is 5.73 Å². The molecule has 0 saturated heterocycles. The zero-order valence-corrected chi connectivity index (χ0v) is 18.3. The normalized spacial score (nSPS) is 11.2. The van der Waals surface area contributed by atoms with Crippen molar-refractivity contribution >= 4 is 28.4 Å². The second-order valence-corrected chi connectivity index (χ2v) is 7.40. The fourth-order valence-electron chi connectivity index (χ4n) is 3.48. The van der Waals surface area contributed by atoms with Crippen LogP contribution >= 0.6 is 0 Å². The Labute approximate surface area is 176 Å². The molecule has 4 rings (SSSR count). The number of unbranched alkanes of at least 4 members (excludes halogenated alkanes) is 1. The fraction of sp³-hybridized carbons (Fsp3) is 0.429. The molecule has 0 aromatic carbocycles. The number of aromatic nitrogens is 6. The maximum absolute atomic E-state index is 5.77. The van der Waals surface area contributed by atoms with Crippen molar-refractivity contribution in [3.05, 3.63) is 30.2 Å². The van der Waals surface area contributed by atoms with Gasteiger partial charge < -0.3 is 21.4 Å². The van der Waals surface area contributed by atoms with E-state index in [1.54, 1.807) is 4.52 Å². The Morgan fingerprint density at radius 2 is 1.90 bits per heavy atom. The summed E-state index contributed by atoms with van der Waals surface area (Å²) in [7, 11) is 1.81. The smallest absolute Gasteiger partial charge is 0.240 e. The van der Waals surface area contributed by atoms with Crippen molar-refractivity contribution in [1.82, 2.24) is 29.1 Å². The summed E-state index contributed by atoms with van der Waals surface area (Å²) in [5, 5.41) is 7.32. The predicted molar refractivity (Wildman–Crippen MR) is 123 cm³/mol. The topological polar surface area (TPSA) is 125 Å². The van der Waals surface area contributed by atoms with Crippen molar-refractivity contribution in [3.8, 4) is 11.3 Å². The number of imidazole rings is 1. The summed E-state index contributed by atoms with van der Waals surface area (Å²) >= 11 is 0. The first-order chi connectivity index (χ1) is 14.4. The number of anilines is 2. The van der Waals surface area contributed by atoms with Gasteiger partial charge in [0.2, 0.25) is 5.95 Å². The monoisotopic (exact) mass is 409 g/mol. The lowest BCUT2D eigenvalue weighted by Gasteiger charge is -2.11. The van der Waals surface area contributed by atoms with Gasteiger partial charge in [0.05, 0.1) is 5.69 Å². The molecule has 9 heteroatoms. The van der Waals surface area contributed by atoms with Gasteiger partial charge in [0.15, 0.2) is 11.5 Å². The molecule has 0 aliphatic rings.